The lowest BCUT2D eigenvalue weighted by Crippen LogP contribution is -2.07. The number of thioether (sulfide) groups is 1. The molecule has 1 N–H and O–H groups in total. The molecular formula is C17H17NO2S. The molecule has 0 spiro atoms. The summed E-state index contributed by atoms with van der Waals surface area (Å²) in [5, 5.41) is 2.41. The van der Waals surface area contributed by atoms with E-state index in [1.165, 1.54) is 15.7 Å². The lowest BCUT2D eigenvalue weighted by molar-refractivity contribution is -0.142. The van der Waals surface area contributed by atoms with Gasteiger partial charge in [0, 0.05) is 26.7 Å². The van der Waals surface area contributed by atoms with Gasteiger partial charge < -0.3 is 9.72 Å². The van der Waals surface area contributed by atoms with Gasteiger partial charge in [0.2, 0.25) is 0 Å². The van der Waals surface area contributed by atoms with E-state index in [4.69, 9.17) is 4.74 Å². The molecule has 0 unspecified atom stereocenters. The number of carbonyl (C=O) groups excluding carboxylic acids is 1. The first-order valence-corrected chi connectivity index (χ1v) is 8.17. The van der Waals surface area contributed by atoms with E-state index < -0.39 is 0 Å². The summed E-state index contributed by atoms with van der Waals surface area (Å²) >= 11 is 1.74. The van der Waals surface area contributed by atoms with Crippen LogP contribution in [0.15, 0.2) is 41.3 Å². The van der Waals surface area contributed by atoms with Gasteiger partial charge in [-0.15, -0.1) is 11.8 Å². The summed E-state index contributed by atoms with van der Waals surface area (Å²) in [5.74, 6) is -0.183. The maximum absolute atomic E-state index is 11.6. The Morgan fingerprint density at radius 3 is 2.76 bits per heavy atom. The van der Waals surface area contributed by atoms with Crippen molar-refractivity contribution in [2.75, 3.05) is 12.9 Å². The normalized spacial score (nSPS) is 11.1. The number of fused-ring (bicyclic) bond motifs is 3. The lowest BCUT2D eigenvalue weighted by Gasteiger charge is -2.02. The second kappa shape index (κ2) is 5.82. The number of hydrogen-bond acceptors (Lipinski definition) is 3. The molecule has 108 valence electrons. The molecule has 0 bridgehead atoms. The van der Waals surface area contributed by atoms with Crippen LogP contribution in [0.3, 0.4) is 0 Å². The van der Waals surface area contributed by atoms with Gasteiger partial charge in [-0.25, -0.2) is 0 Å². The fourth-order valence-electron chi connectivity index (χ4n) is 2.55. The van der Waals surface area contributed by atoms with Crippen LogP contribution in [-0.2, 0) is 16.0 Å². The highest BCUT2D eigenvalue weighted by molar-refractivity contribution is 7.98. The summed E-state index contributed by atoms with van der Waals surface area (Å²) in [6.45, 7) is 2.24. The van der Waals surface area contributed by atoms with Crippen molar-refractivity contribution >= 4 is 39.5 Å². The van der Waals surface area contributed by atoms with E-state index in [0.717, 1.165) is 16.6 Å². The van der Waals surface area contributed by atoms with Crippen LogP contribution in [0.2, 0.25) is 0 Å². The van der Waals surface area contributed by atoms with Crippen molar-refractivity contribution in [2.45, 2.75) is 18.2 Å². The Kier molecular flexibility index (Phi) is 3.88. The fraction of sp³-hybridized carbons (Fsp3) is 0.235. The number of nitrogens with one attached hydrogen (secondary N) is 1. The first-order chi connectivity index (χ1) is 10.2. The van der Waals surface area contributed by atoms with Crippen LogP contribution >= 0.6 is 11.8 Å². The van der Waals surface area contributed by atoms with Gasteiger partial charge >= 0.3 is 5.97 Å². The fourth-order valence-corrected chi connectivity index (χ4v) is 2.99. The number of hydrogen-bond donors (Lipinski definition) is 1. The zero-order valence-electron chi connectivity index (χ0n) is 12.1. The molecular weight excluding hydrogens is 282 g/mol. The van der Waals surface area contributed by atoms with Gasteiger partial charge in [0.05, 0.1) is 13.0 Å². The Balaban J connectivity index is 2.02. The molecule has 3 aromatic rings. The Morgan fingerprint density at radius 2 is 2.00 bits per heavy atom. The van der Waals surface area contributed by atoms with Crippen LogP contribution < -0.4 is 0 Å². The number of esters is 1. The molecule has 2 aromatic carbocycles. The molecule has 4 heteroatoms. The lowest BCUT2D eigenvalue weighted by atomic mass is 10.1. The number of H-pyrrole nitrogens is 1. The maximum Gasteiger partial charge on any atom is 0.310 e. The summed E-state index contributed by atoms with van der Waals surface area (Å²) in [7, 11) is 0. The predicted octanol–water partition coefficient (Wildman–Crippen LogP) is 4.15. The van der Waals surface area contributed by atoms with Gasteiger partial charge in [-0.3, -0.25) is 4.79 Å². The summed E-state index contributed by atoms with van der Waals surface area (Å²) in [4.78, 5) is 16.2. The standard InChI is InChI=1S/C17H17NO2S/c1-3-20-17(19)9-11-4-6-13-14-10-12(21-2)5-7-15(14)18-16(13)8-11/h4-8,10,18H,3,9H2,1-2H3. The number of aromatic nitrogens is 1. The van der Waals surface area contributed by atoms with Crippen LogP contribution in [-0.4, -0.2) is 23.8 Å². The van der Waals surface area contributed by atoms with Gasteiger partial charge in [-0.05, 0) is 43.0 Å². The van der Waals surface area contributed by atoms with Crippen molar-refractivity contribution in [3.8, 4) is 0 Å². The largest absolute Gasteiger partial charge is 0.466 e. The summed E-state index contributed by atoms with van der Waals surface area (Å²) in [6.07, 6.45) is 2.39. The third-order valence-electron chi connectivity index (χ3n) is 3.52. The van der Waals surface area contributed by atoms with E-state index in [-0.39, 0.29) is 5.97 Å². The van der Waals surface area contributed by atoms with Crippen LogP contribution in [0.25, 0.3) is 21.8 Å². The van der Waals surface area contributed by atoms with E-state index in [9.17, 15) is 4.79 Å². The smallest absolute Gasteiger partial charge is 0.310 e. The third-order valence-corrected chi connectivity index (χ3v) is 4.25. The molecule has 0 amide bonds. The van der Waals surface area contributed by atoms with Crippen molar-refractivity contribution in [3.63, 3.8) is 0 Å². The molecule has 0 radical (unpaired) electrons. The number of ether oxygens (including phenoxy) is 1. The van der Waals surface area contributed by atoms with Gasteiger partial charge in [0.25, 0.3) is 0 Å². The molecule has 3 nitrogen and oxygen atoms in total. The first kappa shape index (κ1) is 14.0. The molecule has 21 heavy (non-hydrogen) atoms. The zero-order valence-corrected chi connectivity index (χ0v) is 12.9. The van der Waals surface area contributed by atoms with Crippen molar-refractivity contribution in [3.05, 3.63) is 42.0 Å². The molecule has 0 aliphatic carbocycles. The molecule has 0 fully saturated rings. The van der Waals surface area contributed by atoms with E-state index in [1.54, 1.807) is 11.8 Å². The van der Waals surface area contributed by atoms with E-state index in [1.807, 2.05) is 19.1 Å². The Bertz CT molecular complexity index is 807. The maximum atomic E-state index is 11.6. The average molecular weight is 299 g/mol. The highest BCUT2D eigenvalue weighted by Gasteiger charge is 2.08. The molecule has 1 heterocycles. The quantitative estimate of drug-likeness (QED) is 0.581. The van der Waals surface area contributed by atoms with Crippen LogP contribution in [0, 0.1) is 0 Å². The predicted molar refractivity (Wildman–Crippen MR) is 87.9 cm³/mol. The number of aromatic amines is 1. The molecule has 0 aliphatic rings. The zero-order chi connectivity index (χ0) is 14.8. The third kappa shape index (κ3) is 2.76. The summed E-state index contributed by atoms with van der Waals surface area (Å²) in [5.41, 5.74) is 3.15. The highest BCUT2D eigenvalue weighted by atomic mass is 32.2. The van der Waals surface area contributed by atoms with Crippen molar-refractivity contribution in [2.24, 2.45) is 0 Å². The molecule has 0 saturated carbocycles. The minimum Gasteiger partial charge on any atom is -0.466 e. The average Bonchev–Trinajstić information content (AvgIpc) is 2.84. The summed E-state index contributed by atoms with van der Waals surface area (Å²) < 4.78 is 5.00. The van der Waals surface area contributed by atoms with Gasteiger partial charge in [0.15, 0.2) is 0 Å². The SMILES string of the molecule is CCOC(=O)Cc1ccc2c(c1)[nH]c1ccc(SC)cc12. The van der Waals surface area contributed by atoms with Gasteiger partial charge in [-0.1, -0.05) is 12.1 Å². The molecule has 3 rings (SSSR count). The molecule has 0 saturated heterocycles. The van der Waals surface area contributed by atoms with Crippen molar-refractivity contribution < 1.29 is 9.53 Å². The van der Waals surface area contributed by atoms with Crippen molar-refractivity contribution in [1.82, 2.24) is 4.98 Å². The Morgan fingerprint density at radius 1 is 1.14 bits per heavy atom. The summed E-state index contributed by atoms with van der Waals surface area (Å²) in [6, 6.07) is 12.5. The Labute approximate surface area is 127 Å². The van der Waals surface area contributed by atoms with Crippen LogP contribution in [0.5, 0.6) is 0 Å². The van der Waals surface area contributed by atoms with Crippen molar-refractivity contribution in [1.29, 1.82) is 0 Å². The second-order valence-corrected chi connectivity index (χ2v) is 5.78. The first-order valence-electron chi connectivity index (χ1n) is 6.95. The number of carbonyl (C=O) groups is 1. The number of rotatable bonds is 4. The van der Waals surface area contributed by atoms with Crippen LogP contribution in [0.1, 0.15) is 12.5 Å². The minimum absolute atomic E-state index is 0.183. The van der Waals surface area contributed by atoms with Gasteiger partial charge in [-0.2, -0.15) is 0 Å². The monoisotopic (exact) mass is 299 g/mol. The highest BCUT2D eigenvalue weighted by Crippen LogP contribution is 2.29. The second-order valence-electron chi connectivity index (χ2n) is 4.90. The van der Waals surface area contributed by atoms with E-state index >= 15 is 0 Å². The topological polar surface area (TPSA) is 42.1 Å². The molecule has 0 atom stereocenters. The van der Waals surface area contributed by atoms with Gasteiger partial charge in [0.1, 0.15) is 0 Å². The Hall–Kier alpha value is -1.94. The molecule has 1 aromatic heterocycles. The molecule has 0 aliphatic heterocycles. The minimum atomic E-state index is -0.183. The number of benzene rings is 2. The van der Waals surface area contributed by atoms with E-state index in [2.05, 4.69) is 35.5 Å². The van der Waals surface area contributed by atoms with Crippen LogP contribution in [0.4, 0.5) is 0 Å². The van der Waals surface area contributed by atoms with E-state index in [0.29, 0.717) is 13.0 Å².